The first-order valence-corrected chi connectivity index (χ1v) is 8.29. The molecule has 0 atom stereocenters. The number of carbonyl (C=O) groups excluding carboxylic acids is 1. The first-order chi connectivity index (χ1) is 10.5. The maximum absolute atomic E-state index is 12.2. The van der Waals surface area contributed by atoms with Crippen LogP contribution in [-0.2, 0) is 11.3 Å². The summed E-state index contributed by atoms with van der Waals surface area (Å²) in [5, 5.41) is 2.39. The molecule has 6 heteroatoms. The first-order valence-electron chi connectivity index (χ1n) is 6.34. The number of hydrogen-bond donors (Lipinski definition) is 0. The Morgan fingerprint density at radius 3 is 2.59 bits per heavy atom. The summed E-state index contributed by atoms with van der Waals surface area (Å²) in [4.78, 5) is 12.6. The van der Waals surface area contributed by atoms with Gasteiger partial charge in [0.2, 0.25) is 0 Å². The van der Waals surface area contributed by atoms with Crippen LogP contribution in [0, 0.1) is 0 Å². The van der Waals surface area contributed by atoms with Crippen LogP contribution in [0.5, 0.6) is 0 Å². The van der Waals surface area contributed by atoms with Gasteiger partial charge in [0.25, 0.3) is 0 Å². The average molecular weight is 372 g/mol. The predicted molar refractivity (Wildman–Crippen MR) is 92.4 cm³/mol. The second-order valence-electron chi connectivity index (χ2n) is 4.59. The molecule has 0 fully saturated rings. The van der Waals surface area contributed by atoms with E-state index in [1.165, 1.54) is 11.3 Å². The van der Waals surface area contributed by atoms with Crippen LogP contribution < -0.4 is 0 Å². The normalized spacial score (nSPS) is 10.9. The van der Waals surface area contributed by atoms with Crippen LogP contribution in [0.1, 0.15) is 15.2 Å². The Balaban J connectivity index is 1.81. The lowest BCUT2D eigenvalue weighted by atomic mass is 10.2. The van der Waals surface area contributed by atoms with E-state index >= 15 is 0 Å². The zero-order valence-electron chi connectivity index (χ0n) is 11.1. The standard InChI is InChI=1S/C16H9Cl3O2S/c17-10-3-1-2-9(6-10)8-21-16(20)15-14(19)12-5-4-11(18)7-13(12)22-15/h1-7H,8H2. The molecular formula is C16H9Cl3O2S. The number of benzene rings is 2. The van der Waals surface area contributed by atoms with Gasteiger partial charge < -0.3 is 4.74 Å². The first kappa shape index (κ1) is 15.6. The van der Waals surface area contributed by atoms with Gasteiger partial charge in [-0.15, -0.1) is 11.3 Å². The van der Waals surface area contributed by atoms with E-state index in [0.717, 1.165) is 15.6 Å². The summed E-state index contributed by atoms with van der Waals surface area (Å²) in [5.74, 6) is -0.456. The molecule has 3 rings (SSSR count). The molecule has 0 aliphatic carbocycles. The van der Waals surface area contributed by atoms with Gasteiger partial charge in [-0.1, -0.05) is 53.0 Å². The fraction of sp³-hybridized carbons (Fsp3) is 0.0625. The molecule has 2 aromatic carbocycles. The lowest BCUT2D eigenvalue weighted by Gasteiger charge is -2.04. The van der Waals surface area contributed by atoms with Crippen molar-refractivity contribution in [3.63, 3.8) is 0 Å². The predicted octanol–water partition coefficient (Wildman–Crippen LogP) is 6.22. The van der Waals surface area contributed by atoms with Crippen molar-refractivity contribution in [3.8, 4) is 0 Å². The van der Waals surface area contributed by atoms with Crippen LogP contribution in [0.4, 0.5) is 0 Å². The number of thiophene rings is 1. The molecule has 0 saturated carbocycles. The van der Waals surface area contributed by atoms with Gasteiger partial charge in [0.1, 0.15) is 11.5 Å². The van der Waals surface area contributed by atoms with Gasteiger partial charge in [0, 0.05) is 20.1 Å². The van der Waals surface area contributed by atoms with E-state index in [1.54, 1.807) is 36.4 Å². The van der Waals surface area contributed by atoms with Crippen molar-refractivity contribution in [2.75, 3.05) is 0 Å². The monoisotopic (exact) mass is 370 g/mol. The number of rotatable bonds is 3. The van der Waals surface area contributed by atoms with Crippen molar-refractivity contribution in [1.29, 1.82) is 0 Å². The number of halogens is 3. The van der Waals surface area contributed by atoms with Crippen molar-refractivity contribution in [2.24, 2.45) is 0 Å². The summed E-state index contributed by atoms with van der Waals surface area (Å²) in [6, 6.07) is 12.5. The minimum absolute atomic E-state index is 0.144. The highest BCUT2D eigenvalue weighted by Crippen LogP contribution is 2.37. The molecular weight excluding hydrogens is 363 g/mol. The van der Waals surface area contributed by atoms with Crippen LogP contribution in [0.15, 0.2) is 42.5 Å². The fourth-order valence-electron chi connectivity index (χ4n) is 2.01. The van der Waals surface area contributed by atoms with E-state index in [1.807, 2.05) is 6.07 Å². The zero-order chi connectivity index (χ0) is 15.7. The molecule has 0 N–H and O–H groups in total. The molecule has 1 aromatic heterocycles. The lowest BCUT2D eigenvalue weighted by molar-refractivity contribution is 0.0479. The Morgan fingerprint density at radius 2 is 1.82 bits per heavy atom. The summed E-state index contributed by atoms with van der Waals surface area (Å²) in [5.41, 5.74) is 0.820. The van der Waals surface area contributed by atoms with E-state index in [4.69, 9.17) is 39.5 Å². The molecule has 3 aromatic rings. The van der Waals surface area contributed by atoms with Crippen LogP contribution in [-0.4, -0.2) is 5.97 Å². The minimum atomic E-state index is -0.456. The molecule has 0 bridgehead atoms. The van der Waals surface area contributed by atoms with Gasteiger partial charge in [-0.05, 0) is 29.8 Å². The summed E-state index contributed by atoms with van der Waals surface area (Å²) < 4.78 is 6.16. The highest BCUT2D eigenvalue weighted by atomic mass is 35.5. The van der Waals surface area contributed by atoms with Crippen molar-refractivity contribution in [2.45, 2.75) is 6.61 Å². The second-order valence-corrected chi connectivity index (χ2v) is 6.89. The smallest absolute Gasteiger partial charge is 0.350 e. The maximum atomic E-state index is 12.2. The number of esters is 1. The van der Waals surface area contributed by atoms with Gasteiger partial charge in [0.05, 0.1) is 5.02 Å². The Labute approximate surface area is 146 Å². The molecule has 0 spiro atoms. The van der Waals surface area contributed by atoms with E-state index in [-0.39, 0.29) is 6.61 Å². The van der Waals surface area contributed by atoms with E-state index in [0.29, 0.717) is 19.9 Å². The van der Waals surface area contributed by atoms with Gasteiger partial charge in [0.15, 0.2) is 0 Å². The minimum Gasteiger partial charge on any atom is -0.457 e. The Morgan fingerprint density at radius 1 is 1.05 bits per heavy atom. The number of fused-ring (bicyclic) bond motifs is 1. The topological polar surface area (TPSA) is 26.3 Å². The third kappa shape index (κ3) is 3.23. The van der Waals surface area contributed by atoms with Gasteiger partial charge in [-0.25, -0.2) is 4.79 Å². The molecule has 1 heterocycles. The van der Waals surface area contributed by atoms with Crippen LogP contribution in [0.2, 0.25) is 15.1 Å². The van der Waals surface area contributed by atoms with Crippen molar-refractivity contribution < 1.29 is 9.53 Å². The molecule has 0 aliphatic heterocycles. The molecule has 0 aliphatic rings. The molecule has 0 radical (unpaired) electrons. The Kier molecular flexibility index (Phi) is 4.59. The third-order valence-electron chi connectivity index (χ3n) is 3.04. The van der Waals surface area contributed by atoms with Crippen molar-refractivity contribution >= 4 is 62.2 Å². The average Bonchev–Trinajstić information content (AvgIpc) is 2.81. The summed E-state index contributed by atoms with van der Waals surface area (Å²) >= 11 is 19.4. The molecule has 0 amide bonds. The quantitative estimate of drug-likeness (QED) is 0.511. The summed E-state index contributed by atoms with van der Waals surface area (Å²) in [6.45, 7) is 0.144. The number of ether oxygens (including phenoxy) is 1. The molecule has 112 valence electrons. The van der Waals surface area contributed by atoms with Gasteiger partial charge in [-0.3, -0.25) is 0 Å². The largest absolute Gasteiger partial charge is 0.457 e. The van der Waals surface area contributed by atoms with Crippen LogP contribution in [0.25, 0.3) is 10.1 Å². The highest BCUT2D eigenvalue weighted by Gasteiger charge is 2.18. The van der Waals surface area contributed by atoms with Crippen LogP contribution >= 0.6 is 46.1 Å². The molecule has 2 nitrogen and oxygen atoms in total. The Hall–Kier alpha value is -1.26. The summed E-state index contributed by atoms with van der Waals surface area (Å²) in [6.07, 6.45) is 0. The third-order valence-corrected chi connectivity index (χ3v) is 5.14. The van der Waals surface area contributed by atoms with Gasteiger partial charge in [-0.2, -0.15) is 0 Å². The van der Waals surface area contributed by atoms with Crippen molar-refractivity contribution in [1.82, 2.24) is 0 Å². The highest BCUT2D eigenvalue weighted by molar-refractivity contribution is 7.21. The fourth-order valence-corrected chi connectivity index (χ4v) is 3.90. The maximum Gasteiger partial charge on any atom is 0.350 e. The Bertz CT molecular complexity index is 858. The van der Waals surface area contributed by atoms with Crippen molar-refractivity contribution in [3.05, 3.63) is 68.0 Å². The zero-order valence-corrected chi connectivity index (χ0v) is 14.2. The SMILES string of the molecule is O=C(OCc1cccc(Cl)c1)c1sc2cc(Cl)ccc2c1Cl. The van der Waals surface area contributed by atoms with Crippen LogP contribution in [0.3, 0.4) is 0 Å². The van der Waals surface area contributed by atoms with E-state index in [2.05, 4.69) is 0 Å². The number of hydrogen-bond acceptors (Lipinski definition) is 3. The second kappa shape index (κ2) is 6.47. The molecule has 0 unspecified atom stereocenters. The van der Waals surface area contributed by atoms with E-state index in [9.17, 15) is 4.79 Å². The molecule has 0 saturated heterocycles. The lowest BCUT2D eigenvalue weighted by Crippen LogP contribution is -2.03. The van der Waals surface area contributed by atoms with E-state index < -0.39 is 5.97 Å². The number of carbonyl (C=O) groups is 1. The van der Waals surface area contributed by atoms with Gasteiger partial charge >= 0.3 is 5.97 Å². The summed E-state index contributed by atoms with van der Waals surface area (Å²) in [7, 11) is 0. The molecule has 22 heavy (non-hydrogen) atoms.